The van der Waals surface area contributed by atoms with E-state index in [1.165, 1.54) is 0 Å². The standard InChI is InChI=1S/C26H34Br2N2O4/c1-17-11-21(27)12-18(2)25(17)33-15-23(31)29-9-7-5-6-8-10-30-24(32)16-34-26-19(3)13-22(28)14-20(26)4/h11-14H,5-10,15-16H2,1-4H3,(H,29,31)(H,30,32). The average Bonchev–Trinajstić information content (AvgIpc) is 2.74. The van der Waals surface area contributed by atoms with Gasteiger partial charge < -0.3 is 20.1 Å². The summed E-state index contributed by atoms with van der Waals surface area (Å²) in [7, 11) is 0. The minimum atomic E-state index is -0.120. The molecule has 2 aromatic rings. The van der Waals surface area contributed by atoms with Crippen LogP contribution < -0.4 is 20.1 Å². The van der Waals surface area contributed by atoms with Crippen LogP contribution in [0.5, 0.6) is 11.5 Å². The van der Waals surface area contributed by atoms with Crippen LogP contribution in [-0.2, 0) is 9.59 Å². The van der Waals surface area contributed by atoms with Crippen molar-refractivity contribution in [2.75, 3.05) is 26.3 Å². The van der Waals surface area contributed by atoms with E-state index >= 15 is 0 Å². The molecule has 2 rings (SSSR count). The van der Waals surface area contributed by atoms with Gasteiger partial charge in [-0.3, -0.25) is 9.59 Å². The van der Waals surface area contributed by atoms with E-state index in [0.717, 1.165) is 68.4 Å². The minimum Gasteiger partial charge on any atom is -0.483 e. The number of unbranched alkanes of at least 4 members (excludes halogenated alkanes) is 3. The van der Waals surface area contributed by atoms with Crippen LogP contribution in [0.15, 0.2) is 33.2 Å². The third-order valence-corrected chi connectivity index (χ3v) is 6.21. The maximum Gasteiger partial charge on any atom is 0.257 e. The van der Waals surface area contributed by atoms with E-state index in [1.54, 1.807) is 0 Å². The number of amides is 2. The molecule has 2 N–H and O–H groups in total. The van der Waals surface area contributed by atoms with Crippen molar-refractivity contribution in [3.63, 3.8) is 0 Å². The summed E-state index contributed by atoms with van der Waals surface area (Å²) in [5.74, 6) is 1.27. The first-order chi connectivity index (χ1) is 16.2. The topological polar surface area (TPSA) is 76.7 Å². The van der Waals surface area contributed by atoms with Crippen molar-refractivity contribution in [2.24, 2.45) is 0 Å². The zero-order valence-electron chi connectivity index (χ0n) is 20.4. The average molecular weight is 598 g/mol. The van der Waals surface area contributed by atoms with Crippen molar-refractivity contribution in [2.45, 2.75) is 53.4 Å². The maximum absolute atomic E-state index is 12.0. The summed E-state index contributed by atoms with van der Waals surface area (Å²) in [6.07, 6.45) is 3.74. The van der Waals surface area contributed by atoms with Crippen molar-refractivity contribution in [1.82, 2.24) is 10.6 Å². The van der Waals surface area contributed by atoms with Crippen LogP contribution in [0.1, 0.15) is 47.9 Å². The van der Waals surface area contributed by atoms with Crippen LogP contribution in [-0.4, -0.2) is 38.1 Å². The number of nitrogens with one attached hydrogen (secondary N) is 2. The second-order valence-corrected chi connectivity index (χ2v) is 10.3. The lowest BCUT2D eigenvalue weighted by atomic mass is 10.1. The molecule has 8 heteroatoms. The lowest BCUT2D eigenvalue weighted by molar-refractivity contribution is -0.123. The van der Waals surface area contributed by atoms with Crippen LogP contribution >= 0.6 is 31.9 Å². The molecule has 0 aliphatic rings. The Kier molecular flexibility index (Phi) is 11.9. The van der Waals surface area contributed by atoms with Gasteiger partial charge in [-0.2, -0.15) is 0 Å². The third-order valence-electron chi connectivity index (χ3n) is 5.29. The summed E-state index contributed by atoms with van der Waals surface area (Å²) < 4.78 is 13.4. The molecule has 0 bridgehead atoms. The second kappa shape index (κ2) is 14.4. The van der Waals surface area contributed by atoms with Gasteiger partial charge in [0.1, 0.15) is 11.5 Å². The number of carbonyl (C=O) groups excluding carboxylic acids is 2. The Balaban J connectivity index is 1.51. The molecule has 0 unspecified atom stereocenters. The molecule has 2 aromatic carbocycles. The van der Waals surface area contributed by atoms with E-state index in [1.807, 2.05) is 52.0 Å². The van der Waals surface area contributed by atoms with E-state index in [4.69, 9.17) is 9.47 Å². The highest BCUT2D eigenvalue weighted by molar-refractivity contribution is 9.10. The monoisotopic (exact) mass is 596 g/mol. The molecule has 0 fully saturated rings. The Bertz CT molecular complexity index is 869. The van der Waals surface area contributed by atoms with E-state index < -0.39 is 0 Å². The molecule has 0 heterocycles. The molecular weight excluding hydrogens is 564 g/mol. The highest BCUT2D eigenvalue weighted by Gasteiger charge is 2.10. The Hall–Kier alpha value is -2.06. The van der Waals surface area contributed by atoms with Crippen LogP contribution in [0.2, 0.25) is 0 Å². The van der Waals surface area contributed by atoms with Crippen LogP contribution in [0.25, 0.3) is 0 Å². The summed E-state index contributed by atoms with van der Waals surface area (Å²) in [6.45, 7) is 9.11. The molecule has 0 aromatic heterocycles. The zero-order chi connectivity index (χ0) is 25.1. The quantitative estimate of drug-likeness (QED) is 0.291. The highest BCUT2D eigenvalue weighted by atomic mass is 79.9. The molecular formula is C26H34Br2N2O4. The number of hydrogen-bond donors (Lipinski definition) is 2. The van der Waals surface area contributed by atoms with Gasteiger partial charge in [0.2, 0.25) is 0 Å². The fourth-order valence-electron chi connectivity index (χ4n) is 3.69. The highest BCUT2D eigenvalue weighted by Crippen LogP contribution is 2.28. The van der Waals surface area contributed by atoms with Crippen LogP contribution in [0, 0.1) is 27.7 Å². The normalized spacial score (nSPS) is 10.6. The third kappa shape index (κ3) is 9.66. The smallest absolute Gasteiger partial charge is 0.257 e. The summed E-state index contributed by atoms with van der Waals surface area (Å²) in [6, 6.07) is 7.89. The van der Waals surface area contributed by atoms with Crippen molar-refractivity contribution in [1.29, 1.82) is 0 Å². The summed E-state index contributed by atoms with van der Waals surface area (Å²) in [5.41, 5.74) is 3.99. The minimum absolute atomic E-state index is 0.0106. The molecule has 0 aliphatic heterocycles. The summed E-state index contributed by atoms with van der Waals surface area (Å²) in [5, 5.41) is 5.79. The van der Waals surface area contributed by atoms with Gasteiger partial charge in [0.25, 0.3) is 11.8 Å². The summed E-state index contributed by atoms with van der Waals surface area (Å²) in [4.78, 5) is 24.1. The van der Waals surface area contributed by atoms with Gasteiger partial charge in [0.05, 0.1) is 0 Å². The molecule has 186 valence electrons. The van der Waals surface area contributed by atoms with E-state index in [9.17, 15) is 9.59 Å². The predicted octanol–water partition coefficient (Wildman–Crippen LogP) is 5.70. The van der Waals surface area contributed by atoms with Gasteiger partial charge in [-0.25, -0.2) is 0 Å². The number of benzene rings is 2. The van der Waals surface area contributed by atoms with Gasteiger partial charge in [0, 0.05) is 22.0 Å². The zero-order valence-corrected chi connectivity index (χ0v) is 23.5. The lowest BCUT2D eigenvalue weighted by Gasteiger charge is -2.13. The van der Waals surface area contributed by atoms with Crippen molar-refractivity contribution < 1.29 is 19.1 Å². The first kappa shape index (κ1) is 28.2. The predicted molar refractivity (Wildman–Crippen MR) is 143 cm³/mol. The lowest BCUT2D eigenvalue weighted by Crippen LogP contribution is -2.30. The first-order valence-electron chi connectivity index (χ1n) is 11.5. The number of rotatable bonds is 13. The molecule has 2 amide bonds. The Morgan fingerprint density at radius 2 is 0.971 bits per heavy atom. The second-order valence-electron chi connectivity index (χ2n) is 8.43. The largest absolute Gasteiger partial charge is 0.483 e. The molecule has 0 atom stereocenters. The Morgan fingerprint density at radius 1 is 0.647 bits per heavy atom. The van der Waals surface area contributed by atoms with Gasteiger partial charge in [-0.15, -0.1) is 0 Å². The molecule has 0 spiro atoms. The van der Waals surface area contributed by atoms with Gasteiger partial charge in [-0.05, 0) is 87.1 Å². The molecule has 6 nitrogen and oxygen atoms in total. The molecule has 0 aliphatic carbocycles. The van der Waals surface area contributed by atoms with Gasteiger partial charge in [-0.1, -0.05) is 44.7 Å². The number of carbonyl (C=O) groups is 2. The number of hydrogen-bond acceptors (Lipinski definition) is 4. The fourth-order valence-corrected chi connectivity index (χ4v) is 5.06. The SMILES string of the molecule is Cc1cc(Br)cc(C)c1OCC(=O)NCCCCCCNC(=O)COc1c(C)cc(Br)cc1C. The van der Waals surface area contributed by atoms with Crippen LogP contribution in [0.3, 0.4) is 0 Å². The number of halogens is 2. The van der Waals surface area contributed by atoms with E-state index in [2.05, 4.69) is 42.5 Å². The van der Waals surface area contributed by atoms with Crippen LogP contribution in [0.4, 0.5) is 0 Å². The van der Waals surface area contributed by atoms with E-state index in [-0.39, 0.29) is 25.0 Å². The number of aryl methyl sites for hydroxylation is 4. The van der Waals surface area contributed by atoms with Crippen molar-refractivity contribution in [3.05, 3.63) is 55.5 Å². The number of ether oxygens (including phenoxy) is 2. The fraction of sp³-hybridized carbons (Fsp3) is 0.462. The van der Waals surface area contributed by atoms with E-state index in [0.29, 0.717) is 13.1 Å². The van der Waals surface area contributed by atoms with Gasteiger partial charge in [0.15, 0.2) is 13.2 Å². The maximum atomic E-state index is 12.0. The molecule has 0 saturated heterocycles. The van der Waals surface area contributed by atoms with Crippen molar-refractivity contribution >= 4 is 43.7 Å². The molecule has 0 saturated carbocycles. The van der Waals surface area contributed by atoms with Crippen molar-refractivity contribution in [3.8, 4) is 11.5 Å². The van der Waals surface area contributed by atoms with Gasteiger partial charge >= 0.3 is 0 Å². The Morgan fingerprint density at radius 3 is 1.29 bits per heavy atom. The Labute approximate surface area is 219 Å². The molecule has 0 radical (unpaired) electrons. The summed E-state index contributed by atoms with van der Waals surface area (Å²) >= 11 is 6.92. The first-order valence-corrected chi connectivity index (χ1v) is 13.1. The molecule has 34 heavy (non-hydrogen) atoms.